The Kier molecular flexibility index (Phi) is 7.85. The van der Waals surface area contributed by atoms with Gasteiger partial charge in [-0.3, -0.25) is 0 Å². The predicted molar refractivity (Wildman–Crippen MR) is 228 cm³/mol. The van der Waals surface area contributed by atoms with Gasteiger partial charge in [-0.05, 0) is 92.2 Å². The molecule has 10 rings (SSSR count). The van der Waals surface area contributed by atoms with Gasteiger partial charge in [0.2, 0.25) is 0 Å². The van der Waals surface area contributed by atoms with Crippen LogP contribution in [0.3, 0.4) is 0 Å². The first kappa shape index (κ1) is 31.6. The van der Waals surface area contributed by atoms with Crippen molar-refractivity contribution >= 4 is 49.8 Å². The van der Waals surface area contributed by atoms with E-state index in [0.29, 0.717) is 0 Å². The third-order valence-electron chi connectivity index (χ3n) is 10.5. The molecule has 0 radical (unpaired) electrons. The summed E-state index contributed by atoms with van der Waals surface area (Å²) in [6, 6.07) is 75.6. The molecule has 0 atom stereocenters. The quantitative estimate of drug-likeness (QED) is 0.166. The Morgan fingerprint density at radius 1 is 0.296 bits per heavy atom. The van der Waals surface area contributed by atoms with Crippen LogP contribution in [-0.2, 0) is 0 Å². The molecule has 254 valence electrons. The molecule has 0 amide bonds. The molecule has 0 fully saturated rings. The molecular weight excluding hydrogens is 655 g/mol. The summed E-state index contributed by atoms with van der Waals surface area (Å²) in [6.45, 7) is 0. The van der Waals surface area contributed by atoms with Crippen molar-refractivity contribution in [1.29, 1.82) is 0 Å². The zero-order valence-corrected chi connectivity index (χ0v) is 29.6. The molecule has 0 aliphatic heterocycles. The largest absolute Gasteiger partial charge is 0.455 e. The highest BCUT2D eigenvalue weighted by molar-refractivity contribution is 6.23. The Morgan fingerprint density at radius 3 is 1.44 bits per heavy atom. The number of anilines is 3. The Labute approximate surface area is 314 Å². The van der Waals surface area contributed by atoms with Crippen LogP contribution in [0, 0.1) is 0 Å². The van der Waals surface area contributed by atoms with Crippen molar-refractivity contribution in [3.8, 4) is 44.5 Å². The standard InChI is InChI=1S/C52H35NO/c1-4-14-36(15-5-1)38-26-30-42(31-27-38)53(44-21-12-20-41(34-44)37-16-6-2-7-17-37)43-32-28-40(29-33-43)45-24-13-25-48-51-47-23-11-10-22-46(47)49(35-50(51)54-52(45)48)39-18-8-3-9-19-39/h1-35H. The molecule has 0 saturated heterocycles. The molecule has 2 heteroatoms. The third-order valence-corrected chi connectivity index (χ3v) is 10.5. The van der Waals surface area contributed by atoms with E-state index in [1.807, 2.05) is 0 Å². The van der Waals surface area contributed by atoms with Gasteiger partial charge in [-0.25, -0.2) is 0 Å². The highest BCUT2D eigenvalue weighted by Crippen LogP contribution is 2.44. The van der Waals surface area contributed by atoms with Crippen LogP contribution in [0.25, 0.3) is 77.2 Å². The number of nitrogens with zero attached hydrogens (tertiary/aromatic N) is 1. The monoisotopic (exact) mass is 689 g/mol. The smallest absolute Gasteiger partial charge is 0.143 e. The predicted octanol–water partition coefficient (Wildman–Crippen LogP) is 14.9. The number of benzene rings is 9. The Hall–Kier alpha value is -7.16. The molecule has 9 aromatic carbocycles. The van der Waals surface area contributed by atoms with Crippen molar-refractivity contribution in [2.24, 2.45) is 0 Å². The van der Waals surface area contributed by atoms with Gasteiger partial charge in [-0.15, -0.1) is 0 Å². The fourth-order valence-electron chi connectivity index (χ4n) is 7.87. The summed E-state index contributed by atoms with van der Waals surface area (Å²) in [5.74, 6) is 0. The average molecular weight is 690 g/mol. The maximum absolute atomic E-state index is 6.82. The summed E-state index contributed by atoms with van der Waals surface area (Å²) in [4.78, 5) is 2.34. The minimum atomic E-state index is 0.898. The fourth-order valence-corrected chi connectivity index (χ4v) is 7.87. The number of hydrogen-bond acceptors (Lipinski definition) is 2. The van der Waals surface area contributed by atoms with Gasteiger partial charge in [-0.2, -0.15) is 0 Å². The van der Waals surface area contributed by atoms with Crippen molar-refractivity contribution in [1.82, 2.24) is 0 Å². The van der Waals surface area contributed by atoms with Gasteiger partial charge in [0, 0.05) is 33.4 Å². The number of rotatable bonds is 7. The van der Waals surface area contributed by atoms with E-state index in [0.717, 1.165) is 50.1 Å². The second-order valence-electron chi connectivity index (χ2n) is 13.7. The van der Waals surface area contributed by atoms with E-state index in [-0.39, 0.29) is 0 Å². The van der Waals surface area contributed by atoms with Gasteiger partial charge in [-0.1, -0.05) is 170 Å². The van der Waals surface area contributed by atoms with Crippen LogP contribution in [0.4, 0.5) is 17.1 Å². The molecule has 54 heavy (non-hydrogen) atoms. The molecule has 0 aliphatic rings. The molecule has 0 N–H and O–H groups in total. The number of fused-ring (bicyclic) bond motifs is 5. The number of hydrogen-bond donors (Lipinski definition) is 0. The van der Waals surface area contributed by atoms with Crippen LogP contribution in [0.1, 0.15) is 0 Å². The molecule has 1 heterocycles. The fraction of sp³-hybridized carbons (Fsp3) is 0. The summed E-state index contributed by atoms with van der Waals surface area (Å²) in [5, 5.41) is 4.70. The Morgan fingerprint density at radius 2 is 0.778 bits per heavy atom. The average Bonchev–Trinajstić information content (AvgIpc) is 3.64. The maximum atomic E-state index is 6.82. The molecular formula is C52H35NO. The molecule has 1 aromatic heterocycles. The van der Waals surface area contributed by atoms with E-state index in [1.54, 1.807) is 0 Å². The van der Waals surface area contributed by atoms with Gasteiger partial charge in [0.15, 0.2) is 0 Å². The molecule has 0 unspecified atom stereocenters. The van der Waals surface area contributed by atoms with Gasteiger partial charge in [0.1, 0.15) is 11.2 Å². The van der Waals surface area contributed by atoms with Gasteiger partial charge < -0.3 is 9.32 Å². The summed E-state index contributed by atoms with van der Waals surface area (Å²) in [7, 11) is 0. The van der Waals surface area contributed by atoms with Crippen LogP contribution < -0.4 is 4.90 Å². The van der Waals surface area contributed by atoms with Crippen LogP contribution in [0.15, 0.2) is 217 Å². The Bertz CT molecular complexity index is 2890. The first-order chi connectivity index (χ1) is 26.8. The van der Waals surface area contributed by atoms with E-state index >= 15 is 0 Å². The van der Waals surface area contributed by atoms with Crippen molar-refractivity contribution in [2.75, 3.05) is 4.90 Å². The van der Waals surface area contributed by atoms with E-state index in [1.165, 1.54) is 44.2 Å². The lowest BCUT2D eigenvalue weighted by molar-refractivity contribution is 0.670. The van der Waals surface area contributed by atoms with Crippen molar-refractivity contribution in [3.05, 3.63) is 212 Å². The second-order valence-corrected chi connectivity index (χ2v) is 13.7. The highest BCUT2D eigenvalue weighted by atomic mass is 16.3. The molecule has 0 spiro atoms. The van der Waals surface area contributed by atoms with Crippen molar-refractivity contribution in [3.63, 3.8) is 0 Å². The maximum Gasteiger partial charge on any atom is 0.143 e. The van der Waals surface area contributed by atoms with Gasteiger partial charge in [0.05, 0.1) is 0 Å². The molecule has 0 aliphatic carbocycles. The van der Waals surface area contributed by atoms with Gasteiger partial charge in [0.25, 0.3) is 0 Å². The molecule has 0 bridgehead atoms. The van der Waals surface area contributed by atoms with E-state index in [4.69, 9.17) is 4.42 Å². The lowest BCUT2D eigenvalue weighted by atomic mass is 9.94. The summed E-state index contributed by atoms with van der Waals surface area (Å²) < 4.78 is 6.82. The summed E-state index contributed by atoms with van der Waals surface area (Å²) in [5.41, 5.74) is 14.4. The lowest BCUT2D eigenvalue weighted by Gasteiger charge is -2.26. The van der Waals surface area contributed by atoms with Crippen molar-refractivity contribution < 1.29 is 4.42 Å². The Balaban J connectivity index is 1.08. The number of furan rings is 1. The minimum absolute atomic E-state index is 0.898. The zero-order valence-electron chi connectivity index (χ0n) is 29.6. The van der Waals surface area contributed by atoms with Gasteiger partial charge >= 0.3 is 0 Å². The SMILES string of the molecule is c1ccc(-c2ccc(N(c3ccc(-c4cccc5c4oc4cc(-c6ccccc6)c6ccccc6c45)cc3)c3cccc(-c4ccccc4)c3)cc2)cc1. The molecule has 0 saturated carbocycles. The van der Waals surface area contributed by atoms with Crippen LogP contribution in [0.5, 0.6) is 0 Å². The summed E-state index contributed by atoms with van der Waals surface area (Å²) >= 11 is 0. The normalized spacial score (nSPS) is 11.3. The van der Waals surface area contributed by atoms with Crippen LogP contribution in [0.2, 0.25) is 0 Å². The first-order valence-corrected chi connectivity index (χ1v) is 18.4. The summed E-state index contributed by atoms with van der Waals surface area (Å²) in [6.07, 6.45) is 0. The minimum Gasteiger partial charge on any atom is -0.455 e. The first-order valence-electron chi connectivity index (χ1n) is 18.4. The lowest BCUT2D eigenvalue weighted by Crippen LogP contribution is -2.10. The van der Waals surface area contributed by atoms with E-state index in [2.05, 4.69) is 217 Å². The molecule has 10 aromatic rings. The molecule has 2 nitrogen and oxygen atoms in total. The van der Waals surface area contributed by atoms with E-state index < -0.39 is 0 Å². The second kappa shape index (κ2) is 13.4. The third kappa shape index (κ3) is 5.62. The van der Waals surface area contributed by atoms with Crippen LogP contribution in [-0.4, -0.2) is 0 Å². The topological polar surface area (TPSA) is 16.4 Å². The van der Waals surface area contributed by atoms with E-state index in [9.17, 15) is 0 Å². The number of para-hydroxylation sites is 1. The van der Waals surface area contributed by atoms with Crippen molar-refractivity contribution in [2.45, 2.75) is 0 Å². The highest BCUT2D eigenvalue weighted by Gasteiger charge is 2.19. The van der Waals surface area contributed by atoms with Crippen LogP contribution >= 0.6 is 0 Å². The zero-order chi connectivity index (χ0) is 35.8.